The highest BCUT2D eigenvalue weighted by atomic mass is 35.5. The molecule has 2 heterocycles. The number of nitrogens with zero attached hydrogens (tertiary/aromatic N) is 4. The van der Waals surface area contributed by atoms with Crippen LogP contribution in [0, 0.1) is 0 Å². The number of aromatic nitrogens is 2. The van der Waals surface area contributed by atoms with Gasteiger partial charge in [-0.15, -0.1) is 12.4 Å². The molecule has 0 saturated carbocycles. The summed E-state index contributed by atoms with van der Waals surface area (Å²) in [5.41, 5.74) is 1.18. The Labute approximate surface area is 115 Å². The number of halogens is 1. The number of hydrogen-bond donors (Lipinski definition) is 1. The molecule has 102 valence electrons. The summed E-state index contributed by atoms with van der Waals surface area (Å²) in [6, 6.07) is 0.575. The van der Waals surface area contributed by atoms with Gasteiger partial charge in [0, 0.05) is 64.3 Å². The number of rotatable bonds is 3. The molecule has 1 saturated heterocycles. The predicted molar refractivity (Wildman–Crippen MR) is 76.3 cm³/mol. The van der Waals surface area contributed by atoms with Gasteiger partial charge in [-0.1, -0.05) is 0 Å². The van der Waals surface area contributed by atoms with Crippen LogP contribution in [0.5, 0.6) is 0 Å². The highest BCUT2D eigenvalue weighted by Crippen LogP contribution is 2.08. The highest BCUT2D eigenvalue weighted by molar-refractivity contribution is 5.85. The molecule has 2 rings (SSSR count). The molecular formula is C12H22ClN5. The first-order valence-electron chi connectivity index (χ1n) is 6.09. The normalized spacial score (nSPS) is 20.3. The van der Waals surface area contributed by atoms with E-state index in [1.165, 1.54) is 5.56 Å². The van der Waals surface area contributed by atoms with Gasteiger partial charge in [-0.25, -0.2) is 9.97 Å². The van der Waals surface area contributed by atoms with E-state index in [-0.39, 0.29) is 12.4 Å². The highest BCUT2D eigenvalue weighted by Gasteiger charge is 2.15. The molecular weight excluding hydrogens is 250 g/mol. The molecule has 1 aromatic heterocycles. The molecule has 1 fully saturated rings. The van der Waals surface area contributed by atoms with Crippen molar-refractivity contribution in [2.75, 3.05) is 38.6 Å². The maximum absolute atomic E-state index is 4.34. The van der Waals surface area contributed by atoms with Crippen molar-refractivity contribution in [2.24, 2.45) is 0 Å². The molecule has 0 bridgehead atoms. The van der Waals surface area contributed by atoms with Gasteiger partial charge in [0.1, 0.15) is 0 Å². The minimum absolute atomic E-state index is 0. The van der Waals surface area contributed by atoms with Gasteiger partial charge < -0.3 is 10.2 Å². The fraction of sp³-hybridized carbons (Fsp3) is 0.667. The summed E-state index contributed by atoms with van der Waals surface area (Å²) in [7, 11) is 3.90. The lowest BCUT2D eigenvalue weighted by molar-refractivity contribution is 0.199. The predicted octanol–water partition coefficient (Wildman–Crippen LogP) is 0.758. The maximum Gasteiger partial charge on any atom is 0.224 e. The quantitative estimate of drug-likeness (QED) is 0.879. The van der Waals surface area contributed by atoms with Gasteiger partial charge >= 0.3 is 0 Å². The smallest absolute Gasteiger partial charge is 0.224 e. The monoisotopic (exact) mass is 271 g/mol. The second-order valence-corrected chi connectivity index (χ2v) is 4.88. The summed E-state index contributed by atoms with van der Waals surface area (Å²) in [5, 5.41) is 3.44. The van der Waals surface area contributed by atoms with Crippen molar-refractivity contribution in [3.63, 3.8) is 0 Å². The topological polar surface area (TPSA) is 44.3 Å². The molecule has 1 unspecified atom stereocenters. The van der Waals surface area contributed by atoms with Crippen molar-refractivity contribution in [2.45, 2.75) is 19.5 Å². The van der Waals surface area contributed by atoms with Crippen LogP contribution in [0.4, 0.5) is 5.95 Å². The van der Waals surface area contributed by atoms with Crippen molar-refractivity contribution in [3.8, 4) is 0 Å². The summed E-state index contributed by atoms with van der Waals surface area (Å²) in [5.74, 6) is 0.766. The minimum Gasteiger partial charge on any atom is -0.347 e. The first-order valence-corrected chi connectivity index (χ1v) is 6.09. The van der Waals surface area contributed by atoms with Crippen molar-refractivity contribution < 1.29 is 0 Å². The van der Waals surface area contributed by atoms with Crippen LogP contribution in [-0.4, -0.2) is 54.6 Å². The van der Waals surface area contributed by atoms with Crippen LogP contribution >= 0.6 is 12.4 Å². The zero-order chi connectivity index (χ0) is 12.3. The molecule has 0 aliphatic carbocycles. The van der Waals surface area contributed by atoms with Gasteiger partial charge in [-0.2, -0.15) is 0 Å². The Bertz CT molecular complexity index is 354. The molecule has 1 aromatic rings. The number of anilines is 1. The molecule has 0 amide bonds. The van der Waals surface area contributed by atoms with E-state index >= 15 is 0 Å². The number of nitrogens with one attached hydrogen (secondary N) is 1. The van der Waals surface area contributed by atoms with Crippen LogP contribution in [0.1, 0.15) is 12.5 Å². The second kappa shape index (κ2) is 6.87. The van der Waals surface area contributed by atoms with E-state index in [2.05, 4.69) is 27.1 Å². The van der Waals surface area contributed by atoms with E-state index in [1.54, 1.807) is 0 Å². The Balaban J connectivity index is 0.00000162. The van der Waals surface area contributed by atoms with Crippen LogP contribution < -0.4 is 10.2 Å². The largest absolute Gasteiger partial charge is 0.347 e. The van der Waals surface area contributed by atoms with Gasteiger partial charge in [0.15, 0.2) is 0 Å². The number of piperazine rings is 1. The van der Waals surface area contributed by atoms with E-state index in [4.69, 9.17) is 0 Å². The summed E-state index contributed by atoms with van der Waals surface area (Å²) < 4.78 is 0. The van der Waals surface area contributed by atoms with Gasteiger partial charge in [-0.3, -0.25) is 4.90 Å². The van der Waals surface area contributed by atoms with Crippen molar-refractivity contribution in [1.82, 2.24) is 20.2 Å². The van der Waals surface area contributed by atoms with Gasteiger partial charge in [0.05, 0.1) is 0 Å². The van der Waals surface area contributed by atoms with E-state index in [0.717, 1.165) is 32.1 Å². The molecule has 1 aliphatic rings. The third kappa shape index (κ3) is 4.08. The molecule has 5 nitrogen and oxygen atoms in total. The fourth-order valence-corrected chi connectivity index (χ4v) is 2.07. The lowest BCUT2D eigenvalue weighted by Crippen LogP contribution is -2.48. The average Bonchev–Trinajstić information content (AvgIpc) is 2.29. The Morgan fingerprint density at radius 2 is 2.06 bits per heavy atom. The second-order valence-electron chi connectivity index (χ2n) is 4.88. The Morgan fingerprint density at radius 3 is 2.61 bits per heavy atom. The lowest BCUT2D eigenvalue weighted by atomic mass is 10.2. The third-order valence-corrected chi connectivity index (χ3v) is 2.95. The summed E-state index contributed by atoms with van der Waals surface area (Å²) >= 11 is 0. The Kier molecular flexibility index (Phi) is 5.78. The summed E-state index contributed by atoms with van der Waals surface area (Å²) in [6.45, 7) is 6.42. The van der Waals surface area contributed by atoms with Crippen LogP contribution in [0.25, 0.3) is 0 Å². The molecule has 1 atom stereocenters. The van der Waals surface area contributed by atoms with Gasteiger partial charge in [-0.05, 0) is 6.92 Å². The Morgan fingerprint density at radius 1 is 1.39 bits per heavy atom. The molecule has 6 heteroatoms. The van der Waals surface area contributed by atoms with Crippen LogP contribution in [0.15, 0.2) is 12.4 Å². The zero-order valence-electron chi connectivity index (χ0n) is 11.3. The molecule has 1 aliphatic heterocycles. The van der Waals surface area contributed by atoms with Gasteiger partial charge in [0.2, 0.25) is 5.95 Å². The molecule has 18 heavy (non-hydrogen) atoms. The van der Waals surface area contributed by atoms with E-state index in [9.17, 15) is 0 Å². The van der Waals surface area contributed by atoms with Crippen LogP contribution in [0.3, 0.4) is 0 Å². The molecule has 0 aromatic carbocycles. The lowest BCUT2D eigenvalue weighted by Gasteiger charge is -2.31. The van der Waals surface area contributed by atoms with Crippen molar-refractivity contribution in [3.05, 3.63) is 18.0 Å². The molecule has 0 spiro atoms. The van der Waals surface area contributed by atoms with Crippen molar-refractivity contribution in [1.29, 1.82) is 0 Å². The zero-order valence-corrected chi connectivity index (χ0v) is 12.1. The summed E-state index contributed by atoms with van der Waals surface area (Å²) in [6.07, 6.45) is 3.85. The SMILES string of the molecule is CC1CN(Cc2cnc(N(C)C)nc2)CCN1.Cl. The molecule has 0 radical (unpaired) electrons. The summed E-state index contributed by atoms with van der Waals surface area (Å²) in [4.78, 5) is 13.0. The standard InChI is InChI=1S/C12H21N5.ClH/c1-10-8-17(5-4-13-10)9-11-6-14-12(15-7-11)16(2)3;/h6-7,10,13H,4-5,8-9H2,1-3H3;1H. The van der Waals surface area contributed by atoms with E-state index in [0.29, 0.717) is 6.04 Å². The van der Waals surface area contributed by atoms with E-state index in [1.807, 2.05) is 31.4 Å². The van der Waals surface area contributed by atoms with Gasteiger partial charge in [0.25, 0.3) is 0 Å². The maximum atomic E-state index is 4.34. The fourth-order valence-electron chi connectivity index (χ4n) is 2.07. The number of hydrogen-bond acceptors (Lipinski definition) is 5. The minimum atomic E-state index is 0. The Hall–Kier alpha value is -0.910. The third-order valence-electron chi connectivity index (χ3n) is 2.95. The van der Waals surface area contributed by atoms with Crippen LogP contribution in [0.2, 0.25) is 0 Å². The van der Waals surface area contributed by atoms with Crippen molar-refractivity contribution >= 4 is 18.4 Å². The van der Waals surface area contributed by atoms with E-state index < -0.39 is 0 Å². The van der Waals surface area contributed by atoms with Crippen LogP contribution in [-0.2, 0) is 6.54 Å². The first-order chi connectivity index (χ1) is 8.15. The first kappa shape index (κ1) is 15.1. The average molecular weight is 272 g/mol. The molecule has 1 N–H and O–H groups in total.